The summed E-state index contributed by atoms with van der Waals surface area (Å²) in [6, 6.07) is 10.2. The summed E-state index contributed by atoms with van der Waals surface area (Å²) in [5, 5.41) is 7.25. The van der Waals surface area contributed by atoms with Crippen LogP contribution in [0.25, 0.3) is 0 Å². The first-order chi connectivity index (χ1) is 14.9. The van der Waals surface area contributed by atoms with Gasteiger partial charge in [0, 0.05) is 62.3 Å². The number of aryl methyl sites for hydroxylation is 2. The molecular weight excluding hydrogens is 394 g/mol. The minimum Gasteiger partial charge on any atom is -0.459 e. The van der Waals surface area contributed by atoms with Crippen LogP contribution in [0.3, 0.4) is 0 Å². The number of rotatable bonds is 5. The molecule has 1 aromatic carbocycles. The Morgan fingerprint density at radius 1 is 1.06 bits per heavy atom. The Hall–Kier alpha value is -3.39. The van der Waals surface area contributed by atoms with Crippen LogP contribution < -0.4 is 5.32 Å². The summed E-state index contributed by atoms with van der Waals surface area (Å²) in [4.78, 5) is 29.2. The van der Waals surface area contributed by atoms with Crippen molar-refractivity contribution in [3.63, 3.8) is 0 Å². The third-order valence-electron chi connectivity index (χ3n) is 5.83. The average molecular weight is 422 g/mol. The van der Waals surface area contributed by atoms with E-state index in [1.165, 1.54) is 17.5 Å². The molecule has 8 nitrogen and oxygen atoms in total. The Kier molecular flexibility index (Phi) is 5.90. The molecule has 2 aromatic heterocycles. The van der Waals surface area contributed by atoms with Gasteiger partial charge in [0.1, 0.15) is 0 Å². The molecule has 8 heteroatoms. The van der Waals surface area contributed by atoms with Crippen LogP contribution in [0.2, 0.25) is 0 Å². The highest BCUT2D eigenvalue weighted by Crippen LogP contribution is 2.18. The van der Waals surface area contributed by atoms with Crippen molar-refractivity contribution in [2.45, 2.75) is 20.4 Å². The molecule has 1 N–H and O–H groups in total. The lowest BCUT2D eigenvalue weighted by Gasteiger charge is -2.34. The smallest absolute Gasteiger partial charge is 0.291 e. The summed E-state index contributed by atoms with van der Waals surface area (Å²) in [7, 11) is 1.97. The van der Waals surface area contributed by atoms with Crippen molar-refractivity contribution in [1.82, 2.24) is 19.6 Å². The predicted molar refractivity (Wildman–Crippen MR) is 117 cm³/mol. The highest BCUT2D eigenvalue weighted by Gasteiger charge is 2.23. The molecule has 0 atom stereocenters. The van der Waals surface area contributed by atoms with Crippen LogP contribution in [-0.4, -0.2) is 57.6 Å². The fraction of sp³-hybridized carbons (Fsp3) is 0.348. The van der Waals surface area contributed by atoms with Gasteiger partial charge < -0.3 is 14.6 Å². The highest BCUT2D eigenvalue weighted by atomic mass is 16.3. The van der Waals surface area contributed by atoms with Crippen LogP contribution in [0.15, 0.2) is 47.1 Å². The molecule has 162 valence electrons. The highest BCUT2D eigenvalue weighted by molar-refractivity contribution is 6.02. The van der Waals surface area contributed by atoms with Crippen LogP contribution in [0, 0.1) is 13.8 Å². The maximum Gasteiger partial charge on any atom is 0.291 e. The molecule has 1 aliphatic heterocycles. The third kappa shape index (κ3) is 4.54. The predicted octanol–water partition coefficient (Wildman–Crippen LogP) is 2.84. The fourth-order valence-electron chi connectivity index (χ4n) is 3.86. The molecule has 2 amide bonds. The van der Waals surface area contributed by atoms with E-state index in [1.54, 1.807) is 36.4 Å². The molecule has 0 bridgehead atoms. The van der Waals surface area contributed by atoms with Gasteiger partial charge in [0.15, 0.2) is 5.76 Å². The van der Waals surface area contributed by atoms with Gasteiger partial charge in [-0.15, -0.1) is 0 Å². The molecule has 1 saturated heterocycles. The maximum absolute atomic E-state index is 12.9. The average Bonchev–Trinajstić information content (AvgIpc) is 3.39. The monoisotopic (exact) mass is 421 g/mol. The van der Waals surface area contributed by atoms with Gasteiger partial charge in [-0.25, -0.2) is 0 Å². The SMILES string of the molecule is Cc1nn(C)c(C)c1CN1CCN(C(=O)c2ccc(NC(=O)c3ccco3)cc2)CC1. The second-order valence-electron chi connectivity index (χ2n) is 7.85. The molecule has 0 radical (unpaired) electrons. The number of carbonyl (C=O) groups excluding carboxylic acids is 2. The van der Waals surface area contributed by atoms with E-state index in [0.717, 1.165) is 25.3 Å². The first kappa shape index (κ1) is 20.9. The largest absolute Gasteiger partial charge is 0.459 e. The molecule has 3 heterocycles. The number of furan rings is 1. The zero-order valence-corrected chi connectivity index (χ0v) is 18.1. The van der Waals surface area contributed by atoms with Crippen molar-refractivity contribution in [3.8, 4) is 0 Å². The Balaban J connectivity index is 1.31. The van der Waals surface area contributed by atoms with Crippen molar-refractivity contribution in [2.75, 3.05) is 31.5 Å². The zero-order valence-electron chi connectivity index (χ0n) is 18.1. The van der Waals surface area contributed by atoms with E-state index in [0.29, 0.717) is 24.3 Å². The second kappa shape index (κ2) is 8.77. The van der Waals surface area contributed by atoms with Gasteiger partial charge in [-0.2, -0.15) is 5.10 Å². The number of amides is 2. The first-order valence-corrected chi connectivity index (χ1v) is 10.4. The van der Waals surface area contributed by atoms with E-state index >= 15 is 0 Å². The van der Waals surface area contributed by atoms with E-state index < -0.39 is 0 Å². The molecule has 3 aromatic rings. The van der Waals surface area contributed by atoms with Crippen molar-refractivity contribution in [3.05, 3.63) is 70.9 Å². The zero-order chi connectivity index (χ0) is 22.0. The van der Waals surface area contributed by atoms with Crippen molar-refractivity contribution in [2.24, 2.45) is 7.05 Å². The van der Waals surface area contributed by atoms with Crippen molar-refractivity contribution < 1.29 is 14.0 Å². The first-order valence-electron chi connectivity index (χ1n) is 10.4. The molecule has 0 saturated carbocycles. The number of nitrogens with one attached hydrogen (secondary N) is 1. The molecule has 1 fully saturated rings. The molecule has 0 spiro atoms. The van der Waals surface area contributed by atoms with Gasteiger partial charge in [-0.3, -0.25) is 19.2 Å². The van der Waals surface area contributed by atoms with Crippen molar-refractivity contribution in [1.29, 1.82) is 0 Å². The van der Waals surface area contributed by atoms with Gasteiger partial charge in [-0.05, 0) is 50.2 Å². The normalized spacial score (nSPS) is 14.6. The van der Waals surface area contributed by atoms with Gasteiger partial charge >= 0.3 is 0 Å². The standard InChI is InChI=1S/C23H27N5O3/c1-16-20(17(2)26(3)25-16)15-27-10-12-28(13-11-27)23(30)18-6-8-19(9-7-18)24-22(29)21-5-4-14-31-21/h4-9,14H,10-13,15H2,1-3H3,(H,24,29). The number of aromatic nitrogens is 2. The quantitative estimate of drug-likeness (QED) is 0.685. The Labute approximate surface area is 181 Å². The maximum atomic E-state index is 12.9. The Bertz CT molecular complexity index is 1060. The summed E-state index contributed by atoms with van der Waals surface area (Å²) in [6.45, 7) is 8.03. The lowest BCUT2D eigenvalue weighted by Crippen LogP contribution is -2.48. The summed E-state index contributed by atoms with van der Waals surface area (Å²) in [5.74, 6) is -0.0636. The number of hydrogen-bond donors (Lipinski definition) is 1. The van der Waals surface area contributed by atoms with Crippen LogP contribution >= 0.6 is 0 Å². The van der Waals surface area contributed by atoms with E-state index in [9.17, 15) is 9.59 Å². The number of anilines is 1. The van der Waals surface area contributed by atoms with E-state index in [-0.39, 0.29) is 17.6 Å². The van der Waals surface area contributed by atoms with Gasteiger partial charge in [0.05, 0.1) is 12.0 Å². The summed E-state index contributed by atoms with van der Waals surface area (Å²) in [5.41, 5.74) is 4.76. The summed E-state index contributed by atoms with van der Waals surface area (Å²) in [6.07, 6.45) is 1.45. The third-order valence-corrected chi connectivity index (χ3v) is 5.83. The van der Waals surface area contributed by atoms with E-state index in [4.69, 9.17) is 4.42 Å². The topological polar surface area (TPSA) is 83.6 Å². The number of piperazine rings is 1. The molecule has 1 aliphatic rings. The summed E-state index contributed by atoms with van der Waals surface area (Å²) >= 11 is 0. The fourth-order valence-corrected chi connectivity index (χ4v) is 3.86. The van der Waals surface area contributed by atoms with Gasteiger partial charge in [0.25, 0.3) is 11.8 Å². The number of carbonyl (C=O) groups is 2. The molecule has 31 heavy (non-hydrogen) atoms. The van der Waals surface area contributed by atoms with Crippen LogP contribution in [-0.2, 0) is 13.6 Å². The Morgan fingerprint density at radius 3 is 2.35 bits per heavy atom. The number of benzene rings is 1. The van der Waals surface area contributed by atoms with E-state index in [2.05, 4.69) is 22.2 Å². The Morgan fingerprint density at radius 2 is 1.77 bits per heavy atom. The van der Waals surface area contributed by atoms with Crippen molar-refractivity contribution >= 4 is 17.5 Å². The van der Waals surface area contributed by atoms with Crippen LogP contribution in [0.5, 0.6) is 0 Å². The van der Waals surface area contributed by atoms with Crippen LogP contribution in [0.4, 0.5) is 5.69 Å². The number of nitrogens with zero attached hydrogens (tertiary/aromatic N) is 4. The second-order valence-corrected chi connectivity index (χ2v) is 7.85. The molecule has 4 rings (SSSR count). The minimum absolute atomic E-state index is 0.0114. The summed E-state index contributed by atoms with van der Waals surface area (Å²) < 4.78 is 7.01. The lowest BCUT2D eigenvalue weighted by atomic mass is 10.1. The van der Waals surface area contributed by atoms with Gasteiger partial charge in [-0.1, -0.05) is 0 Å². The van der Waals surface area contributed by atoms with Crippen LogP contribution in [0.1, 0.15) is 37.9 Å². The number of hydrogen-bond acceptors (Lipinski definition) is 5. The molecular formula is C23H27N5O3. The minimum atomic E-state index is -0.320. The molecule has 0 aliphatic carbocycles. The molecule has 0 unspecified atom stereocenters. The van der Waals surface area contributed by atoms with Gasteiger partial charge in [0.2, 0.25) is 0 Å². The van der Waals surface area contributed by atoms with E-state index in [1.807, 2.05) is 23.6 Å². The lowest BCUT2D eigenvalue weighted by molar-refractivity contribution is 0.0628.